The first-order valence-electron chi connectivity index (χ1n) is 5.42. The van der Waals surface area contributed by atoms with Gasteiger partial charge in [0.2, 0.25) is 0 Å². The van der Waals surface area contributed by atoms with Gasteiger partial charge in [-0.1, -0.05) is 32.2 Å². The Bertz CT molecular complexity index is 107. The highest BCUT2D eigenvalue weighted by Gasteiger charge is 2.12. The maximum atomic E-state index is 2.36. The van der Waals surface area contributed by atoms with Crippen molar-refractivity contribution in [2.75, 3.05) is 28.2 Å². The van der Waals surface area contributed by atoms with Crippen LogP contribution in [-0.4, -0.2) is 53.3 Å². The molecule has 0 aliphatic carbocycles. The molecular weight excluding hydrogens is 176 g/mol. The lowest BCUT2D eigenvalue weighted by molar-refractivity contribution is 0.200. The average molecular weight is 202 g/mol. The van der Waals surface area contributed by atoms with Gasteiger partial charge in [-0.2, -0.15) is 0 Å². The van der Waals surface area contributed by atoms with Crippen molar-refractivity contribution in [1.29, 1.82) is 0 Å². The fourth-order valence-electron chi connectivity index (χ4n) is 1.73. The maximum Gasteiger partial charge on any atom is 0.0591 e. The van der Waals surface area contributed by atoms with Gasteiger partial charge in [0.25, 0.3) is 0 Å². The molecule has 0 aromatic rings. The predicted octanol–water partition coefficient (Wildman–Crippen LogP) is 1.17. The molecule has 0 saturated carbocycles. The van der Waals surface area contributed by atoms with Gasteiger partial charge in [0.05, 0.1) is 9.52 Å². The topological polar surface area (TPSA) is 6.48 Å². The number of unbranched alkanes of at least 4 members (excludes halogenated alkanes) is 2. The van der Waals surface area contributed by atoms with E-state index in [1.54, 1.807) is 0 Å². The van der Waals surface area contributed by atoms with Crippen LogP contribution in [0.2, 0.25) is 6.04 Å². The Balaban J connectivity index is 3.58. The van der Waals surface area contributed by atoms with Gasteiger partial charge < -0.3 is 0 Å². The highest BCUT2D eigenvalue weighted by molar-refractivity contribution is 6.37. The van der Waals surface area contributed by atoms with Gasteiger partial charge >= 0.3 is 0 Å². The summed E-state index contributed by atoms with van der Waals surface area (Å²) in [7, 11) is 8.83. The Morgan fingerprint density at radius 2 is 1.54 bits per heavy atom. The molecule has 3 heteroatoms. The van der Waals surface area contributed by atoms with Crippen molar-refractivity contribution < 1.29 is 0 Å². The van der Waals surface area contributed by atoms with Crippen molar-refractivity contribution in [2.24, 2.45) is 0 Å². The second-order valence-electron chi connectivity index (χ2n) is 4.26. The summed E-state index contributed by atoms with van der Waals surface area (Å²) in [5.74, 6) is 0.747. The Morgan fingerprint density at radius 1 is 1.00 bits per heavy atom. The molecule has 0 aromatic heterocycles. The van der Waals surface area contributed by atoms with Crippen LogP contribution in [0.4, 0.5) is 0 Å². The number of hydrogen-bond acceptors (Lipinski definition) is 2. The van der Waals surface area contributed by atoms with Crippen molar-refractivity contribution in [3.63, 3.8) is 0 Å². The lowest BCUT2D eigenvalue weighted by Gasteiger charge is -2.30. The quantitative estimate of drug-likeness (QED) is 0.347. The van der Waals surface area contributed by atoms with Crippen LogP contribution in [0.1, 0.15) is 26.2 Å². The molecule has 13 heavy (non-hydrogen) atoms. The smallest absolute Gasteiger partial charge is 0.0591 e. The molecule has 0 N–H and O–H groups in total. The molecule has 0 aliphatic rings. The molecule has 0 aliphatic heterocycles. The Morgan fingerprint density at radius 3 is 1.92 bits per heavy atom. The van der Waals surface area contributed by atoms with Crippen LogP contribution in [0.25, 0.3) is 0 Å². The third-order valence-electron chi connectivity index (χ3n) is 2.51. The van der Waals surface area contributed by atoms with Gasteiger partial charge in [0, 0.05) is 5.79 Å². The second kappa shape index (κ2) is 7.53. The van der Waals surface area contributed by atoms with Gasteiger partial charge in [-0.25, -0.2) is 0 Å². The lowest BCUT2D eigenvalue weighted by atomic mass is 10.3. The second-order valence-corrected chi connectivity index (χ2v) is 6.27. The van der Waals surface area contributed by atoms with Crippen LogP contribution in [0, 0.1) is 0 Å². The average Bonchev–Trinajstić information content (AvgIpc) is 2.02. The number of rotatable bonds is 7. The molecule has 2 nitrogen and oxygen atoms in total. The Labute approximate surface area is 86.1 Å². The first-order valence-corrected chi connectivity index (χ1v) is 7.24. The maximum absolute atomic E-state index is 2.36. The van der Waals surface area contributed by atoms with E-state index in [4.69, 9.17) is 0 Å². The number of nitrogens with zero attached hydrogens (tertiary/aromatic N) is 2. The summed E-state index contributed by atoms with van der Waals surface area (Å²) in [5, 5.41) is 0. The van der Waals surface area contributed by atoms with E-state index in [9.17, 15) is 0 Å². The molecule has 80 valence electrons. The van der Waals surface area contributed by atoms with Gasteiger partial charge in [-0.15, -0.1) is 0 Å². The lowest BCUT2D eigenvalue weighted by Crippen LogP contribution is -2.44. The molecule has 0 atom stereocenters. The third kappa shape index (κ3) is 6.24. The van der Waals surface area contributed by atoms with Crippen LogP contribution in [-0.2, 0) is 0 Å². The van der Waals surface area contributed by atoms with Gasteiger partial charge in [0.1, 0.15) is 0 Å². The third-order valence-corrected chi connectivity index (χ3v) is 5.39. The summed E-state index contributed by atoms with van der Waals surface area (Å²) in [6, 6.07) is 1.49. The fourth-order valence-corrected chi connectivity index (χ4v) is 3.77. The van der Waals surface area contributed by atoms with E-state index in [0.29, 0.717) is 0 Å². The zero-order valence-corrected chi connectivity index (χ0v) is 11.4. The number of hydrogen-bond donors (Lipinski definition) is 0. The van der Waals surface area contributed by atoms with Crippen molar-refractivity contribution in [3.8, 4) is 0 Å². The van der Waals surface area contributed by atoms with E-state index >= 15 is 0 Å². The molecule has 0 fully saturated rings. The van der Waals surface area contributed by atoms with Crippen LogP contribution < -0.4 is 0 Å². The van der Waals surface area contributed by atoms with Gasteiger partial charge in [-0.05, 0) is 28.2 Å². The van der Waals surface area contributed by atoms with E-state index in [1.165, 1.54) is 25.3 Å². The van der Waals surface area contributed by atoms with Gasteiger partial charge in [-0.3, -0.25) is 9.80 Å². The minimum atomic E-state index is 0.0619. The zero-order valence-electron chi connectivity index (χ0n) is 10.0. The Hall–Kier alpha value is 0.137. The fraction of sp³-hybridized carbons (Fsp3) is 1.00. The summed E-state index contributed by atoms with van der Waals surface area (Å²) < 4.78 is 0. The molecular formula is C10H26N2Si. The largest absolute Gasteiger partial charge is 0.297 e. The van der Waals surface area contributed by atoms with E-state index in [0.717, 1.165) is 5.79 Å². The van der Waals surface area contributed by atoms with E-state index in [2.05, 4.69) is 44.9 Å². The molecule has 0 spiro atoms. The van der Waals surface area contributed by atoms with Crippen molar-refractivity contribution in [2.45, 2.75) is 38.0 Å². The molecule has 0 heterocycles. The zero-order chi connectivity index (χ0) is 10.3. The van der Waals surface area contributed by atoms with Gasteiger partial charge in [0.15, 0.2) is 0 Å². The highest BCUT2D eigenvalue weighted by atomic mass is 28.2. The highest BCUT2D eigenvalue weighted by Crippen LogP contribution is 2.03. The molecule has 0 bridgehead atoms. The summed E-state index contributed by atoms with van der Waals surface area (Å²) in [6.45, 7) is 2.27. The summed E-state index contributed by atoms with van der Waals surface area (Å²) in [4.78, 5) is 4.72. The summed E-state index contributed by atoms with van der Waals surface area (Å²) >= 11 is 0. The molecule has 0 aromatic carbocycles. The van der Waals surface area contributed by atoms with Crippen LogP contribution in [0.5, 0.6) is 0 Å². The van der Waals surface area contributed by atoms with Crippen molar-refractivity contribution in [1.82, 2.24) is 9.80 Å². The van der Waals surface area contributed by atoms with E-state index in [1.807, 2.05) is 0 Å². The minimum absolute atomic E-state index is 0.0619. The molecule has 0 unspecified atom stereocenters. The molecule has 0 amide bonds. The predicted molar refractivity (Wildman–Crippen MR) is 64.0 cm³/mol. The molecule has 0 rings (SSSR count). The SMILES string of the molecule is CCCCC[SiH2]C(N(C)C)N(C)C. The summed E-state index contributed by atoms with van der Waals surface area (Å²) in [6.07, 6.45) is 4.21. The Kier molecular flexibility index (Phi) is 7.61. The minimum Gasteiger partial charge on any atom is -0.297 e. The van der Waals surface area contributed by atoms with Crippen LogP contribution >= 0.6 is 0 Å². The summed E-state index contributed by atoms with van der Waals surface area (Å²) in [5.41, 5.74) is 0. The normalized spacial score (nSPS) is 12.9. The van der Waals surface area contributed by atoms with Crippen molar-refractivity contribution >= 4 is 9.52 Å². The van der Waals surface area contributed by atoms with E-state index < -0.39 is 0 Å². The van der Waals surface area contributed by atoms with E-state index in [-0.39, 0.29) is 9.52 Å². The first kappa shape index (κ1) is 13.1. The standard InChI is InChI=1S/C10H26N2Si/c1-6-7-8-9-13-10(11(2)3)12(4)5/h10H,6-9,13H2,1-5H3. The van der Waals surface area contributed by atoms with Crippen molar-refractivity contribution in [3.05, 3.63) is 0 Å². The van der Waals surface area contributed by atoms with Crippen LogP contribution in [0.15, 0.2) is 0 Å². The first-order chi connectivity index (χ1) is 6.09. The molecule has 0 saturated heterocycles. The van der Waals surface area contributed by atoms with Crippen LogP contribution in [0.3, 0.4) is 0 Å². The molecule has 0 radical (unpaired) electrons. The monoisotopic (exact) mass is 202 g/mol.